The fraction of sp³-hybridized carbons (Fsp3) is 0.500. The van der Waals surface area contributed by atoms with Crippen LogP contribution >= 0.6 is 12.4 Å². The molecule has 0 bridgehead atoms. The number of rotatable bonds is 4. The second kappa shape index (κ2) is 9.39. The highest BCUT2D eigenvalue weighted by Gasteiger charge is 2.49. The van der Waals surface area contributed by atoms with E-state index in [0.29, 0.717) is 24.3 Å². The van der Waals surface area contributed by atoms with Gasteiger partial charge in [-0.1, -0.05) is 30.3 Å². The summed E-state index contributed by atoms with van der Waals surface area (Å²) < 4.78 is 52.5. The largest absolute Gasteiger partial charge is 0.491 e. The highest BCUT2D eigenvalue weighted by atomic mass is 35.5. The van der Waals surface area contributed by atoms with Crippen LogP contribution in [-0.2, 0) is 10.9 Å². The summed E-state index contributed by atoms with van der Waals surface area (Å²) in [5.74, 6) is 0.371. The van der Waals surface area contributed by atoms with Crippen LogP contribution < -0.4 is 10.1 Å². The number of ether oxygens (including phenoxy) is 2. The molecule has 31 heavy (non-hydrogen) atoms. The molecule has 0 amide bonds. The van der Waals surface area contributed by atoms with Crippen molar-refractivity contribution >= 4 is 12.4 Å². The van der Waals surface area contributed by atoms with Crippen molar-refractivity contribution in [2.75, 3.05) is 13.2 Å². The molecule has 1 spiro atoms. The molecule has 2 aromatic carbocycles. The first-order chi connectivity index (χ1) is 14.3. The van der Waals surface area contributed by atoms with Crippen LogP contribution in [0.5, 0.6) is 5.75 Å². The third kappa shape index (κ3) is 5.02. The highest BCUT2D eigenvalue weighted by molar-refractivity contribution is 5.85. The summed E-state index contributed by atoms with van der Waals surface area (Å²) in [6, 6.07) is 14.0. The molecule has 170 valence electrons. The Balaban J connectivity index is 0.00000272. The molecular formula is C24H29ClF3NO2. The predicted octanol–water partition coefficient (Wildman–Crippen LogP) is 6.28. The lowest BCUT2D eigenvalue weighted by Gasteiger charge is -2.41. The van der Waals surface area contributed by atoms with Crippen LogP contribution in [0.25, 0.3) is 0 Å². The van der Waals surface area contributed by atoms with Gasteiger partial charge in [0.15, 0.2) is 0 Å². The number of hydrogen-bond acceptors (Lipinski definition) is 3. The molecule has 3 nitrogen and oxygen atoms in total. The molecule has 2 aromatic rings. The van der Waals surface area contributed by atoms with Crippen molar-refractivity contribution in [1.82, 2.24) is 5.32 Å². The Labute approximate surface area is 187 Å². The Morgan fingerprint density at radius 1 is 1.13 bits per heavy atom. The van der Waals surface area contributed by atoms with Crippen LogP contribution in [0.3, 0.4) is 0 Å². The maximum absolute atomic E-state index is 13.4. The van der Waals surface area contributed by atoms with Crippen molar-refractivity contribution < 1.29 is 22.6 Å². The molecule has 2 heterocycles. The quantitative estimate of drug-likeness (QED) is 0.588. The van der Waals surface area contributed by atoms with Crippen LogP contribution in [0, 0.1) is 0 Å². The third-order valence-corrected chi connectivity index (χ3v) is 6.09. The van der Waals surface area contributed by atoms with E-state index in [9.17, 15) is 13.2 Å². The molecule has 2 fully saturated rings. The minimum atomic E-state index is -4.39. The third-order valence-electron chi connectivity index (χ3n) is 6.09. The first kappa shape index (κ1) is 23.9. The van der Waals surface area contributed by atoms with Crippen molar-refractivity contribution in [3.8, 4) is 5.75 Å². The summed E-state index contributed by atoms with van der Waals surface area (Å²) >= 11 is 0. The smallest absolute Gasteiger partial charge is 0.416 e. The number of nitrogens with one attached hydrogen (secondary N) is 1. The van der Waals surface area contributed by atoms with E-state index in [2.05, 4.69) is 17.4 Å². The van der Waals surface area contributed by atoms with E-state index >= 15 is 0 Å². The summed E-state index contributed by atoms with van der Waals surface area (Å²) in [6.45, 7) is 5.05. The van der Waals surface area contributed by atoms with Gasteiger partial charge in [0, 0.05) is 11.5 Å². The maximum atomic E-state index is 13.4. The minimum Gasteiger partial charge on any atom is -0.491 e. The summed E-state index contributed by atoms with van der Waals surface area (Å²) in [4.78, 5) is 0. The lowest BCUT2D eigenvalue weighted by atomic mass is 9.76. The normalized spacial score (nSPS) is 26.1. The van der Waals surface area contributed by atoms with Gasteiger partial charge in [-0.3, -0.25) is 0 Å². The van der Waals surface area contributed by atoms with E-state index in [-0.39, 0.29) is 30.5 Å². The van der Waals surface area contributed by atoms with Crippen LogP contribution in [-0.4, -0.2) is 24.9 Å². The van der Waals surface area contributed by atoms with E-state index in [1.807, 2.05) is 32.0 Å². The first-order valence-corrected chi connectivity index (χ1v) is 10.6. The summed E-state index contributed by atoms with van der Waals surface area (Å²) in [6.07, 6.45) is -1.98. The van der Waals surface area contributed by atoms with Gasteiger partial charge in [0.1, 0.15) is 5.75 Å². The topological polar surface area (TPSA) is 30.5 Å². The van der Waals surface area contributed by atoms with E-state index in [1.54, 1.807) is 0 Å². The van der Waals surface area contributed by atoms with Crippen molar-refractivity contribution in [2.45, 2.75) is 63.0 Å². The lowest BCUT2D eigenvalue weighted by Crippen LogP contribution is -2.48. The van der Waals surface area contributed by atoms with Crippen LogP contribution in [0.4, 0.5) is 13.2 Å². The molecule has 2 aliphatic heterocycles. The van der Waals surface area contributed by atoms with Crippen LogP contribution in [0.2, 0.25) is 0 Å². The fourth-order valence-electron chi connectivity index (χ4n) is 4.81. The highest BCUT2D eigenvalue weighted by Crippen LogP contribution is 2.50. The second-order valence-corrected chi connectivity index (χ2v) is 8.60. The SMILES string of the molecule is CC(C)Oc1ccc(C(F)(F)F)cc1[C@H]1CO[C@]2(CCCN[C@H]2c2ccccc2)C1.Cl. The first-order valence-electron chi connectivity index (χ1n) is 10.6. The molecular weight excluding hydrogens is 427 g/mol. The van der Waals surface area contributed by atoms with Gasteiger partial charge >= 0.3 is 6.18 Å². The zero-order chi connectivity index (χ0) is 21.4. The van der Waals surface area contributed by atoms with E-state index in [4.69, 9.17) is 9.47 Å². The maximum Gasteiger partial charge on any atom is 0.416 e. The van der Waals surface area contributed by atoms with Crippen molar-refractivity contribution in [2.24, 2.45) is 0 Å². The molecule has 0 saturated carbocycles. The van der Waals surface area contributed by atoms with Gasteiger partial charge in [-0.15, -0.1) is 12.4 Å². The Kier molecular flexibility index (Phi) is 7.24. The van der Waals surface area contributed by atoms with E-state index < -0.39 is 17.3 Å². The predicted molar refractivity (Wildman–Crippen MR) is 117 cm³/mol. The van der Waals surface area contributed by atoms with Crippen molar-refractivity contribution in [3.63, 3.8) is 0 Å². The second-order valence-electron chi connectivity index (χ2n) is 8.60. The minimum absolute atomic E-state index is 0. The molecule has 2 saturated heterocycles. The molecule has 2 aliphatic rings. The fourth-order valence-corrected chi connectivity index (χ4v) is 4.81. The number of benzene rings is 2. The van der Waals surface area contributed by atoms with Gasteiger partial charge in [0.25, 0.3) is 0 Å². The summed E-state index contributed by atoms with van der Waals surface area (Å²) in [5, 5.41) is 3.59. The molecule has 3 atom stereocenters. The average Bonchev–Trinajstić information content (AvgIpc) is 3.12. The number of piperidine rings is 1. The number of hydrogen-bond donors (Lipinski definition) is 1. The standard InChI is InChI=1S/C24H28F3NO2.ClH/c1-16(2)30-21-10-9-19(24(25,26)27)13-20(21)18-14-23(29-15-18)11-6-12-28-22(23)17-7-4-3-5-8-17;/h3-5,7-10,13,16,18,22,28H,6,11-12,14-15H2,1-2H3;1H/t18-,22+,23-;/m1./s1. The monoisotopic (exact) mass is 455 g/mol. The van der Waals surface area contributed by atoms with Gasteiger partial charge < -0.3 is 14.8 Å². The van der Waals surface area contributed by atoms with Crippen molar-refractivity contribution in [3.05, 3.63) is 65.2 Å². The average molecular weight is 456 g/mol. The van der Waals surface area contributed by atoms with E-state index in [1.165, 1.54) is 12.1 Å². The Morgan fingerprint density at radius 3 is 2.55 bits per heavy atom. The zero-order valence-electron chi connectivity index (χ0n) is 17.7. The summed E-state index contributed by atoms with van der Waals surface area (Å²) in [7, 11) is 0. The van der Waals surface area contributed by atoms with Gasteiger partial charge in [-0.25, -0.2) is 0 Å². The van der Waals surface area contributed by atoms with Gasteiger partial charge in [0.05, 0.1) is 29.9 Å². The zero-order valence-corrected chi connectivity index (χ0v) is 18.6. The molecule has 0 unspecified atom stereocenters. The number of alkyl halides is 3. The van der Waals surface area contributed by atoms with Crippen molar-refractivity contribution in [1.29, 1.82) is 0 Å². The van der Waals surface area contributed by atoms with E-state index in [0.717, 1.165) is 31.0 Å². The molecule has 0 aromatic heterocycles. The Hall–Kier alpha value is -1.76. The van der Waals surface area contributed by atoms with Gasteiger partial charge in [0.2, 0.25) is 0 Å². The van der Waals surface area contributed by atoms with Gasteiger partial charge in [-0.2, -0.15) is 13.2 Å². The lowest BCUT2D eigenvalue weighted by molar-refractivity contribution is -0.137. The Morgan fingerprint density at radius 2 is 1.87 bits per heavy atom. The number of halogens is 4. The molecule has 0 radical (unpaired) electrons. The summed E-state index contributed by atoms with van der Waals surface area (Å²) in [5.41, 5.74) is 0.678. The van der Waals surface area contributed by atoms with Crippen LogP contribution in [0.1, 0.15) is 61.8 Å². The van der Waals surface area contributed by atoms with Gasteiger partial charge in [-0.05, 0) is 63.4 Å². The molecule has 4 rings (SSSR count). The molecule has 7 heteroatoms. The molecule has 1 N–H and O–H groups in total. The Bertz CT molecular complexity index is 875. The molecule has 0 aliphatic carbocycles. The van der Waals surface area contributed by atoms with Crippen LogP contribution in [0.15, 0.2) is 48.5 Å².